The number of hydrogen-bond donors (Lipinski definition) is 2. The van der Waals surface area contributed by atoms with Crippen molar-refractivity contribution in [3.63, 3.8) is 0 Å². The van der Waals surface area contributed by atoms with Crippen molar-refractivity contribution in [2.24, 2.45) is 0 Å². The molecule has 0 fully saturated rings. The van der Waals surface area contributed by atoms with Gasteiger partial charge in [0.25, 0.3) is 5.56 Å². The molecule has 0 aliphatic rings. The maximum atomic E-state index is 12.0. The average molecular weight is 365 g/mol. The number of H-pyrrole nitrogens is 1. The third-order valence-corrected chi connectivity index (χ3v) is 3.92. The fourth-order valence-corrected chi connectivity index (χ4v) is 2.53. The largest absolute Gasteiger partial charge is 0.460 e. The SMILES string of the molecule is O=C(CCc1nc2ccccc2c(=O)[nH]1)NCC(=O)OCc1ccccc1. The number of para-hydroxylation sites is 1. The lowest BCUT2D eigenvalue weighted by molar-refractivity contribution is -0.145. The molecule has 3 aromatic rings. The summed E-state index contributed by atoms with van der Waals surface area (Å²) in [6, 6.07) is 16.3. The fourth-order valence-electron chi connectivity index (χ4n) is 2.53. The highest BCUT2D eigenvalue weighted by atomic mass is 16.5. The van der Waals surface area contributed by atoms with Gasteiger partial charge < -0.3 is 15.0 Å². The van der Waals surface area contributed by atoms with Crippen molar-refractivity contribution in [1.82, 2.24) is 15.3 Å². The van der Waals surface area contributed by atoms with Gasteiger partial charge in [-0.3, -0.25) is 14.4 Å². The van der Waals surface area contributed by atoms with Crippen LogP contribution in [-0.4, -0.2) is 28.4 Å². The zero-order chi connectivity index (χ0) is 19.1. The van der Waals surface area contributed by atoms with Crippen molar-refractivity contribution in [3.05, 3.63) is 76.3 Å². The second-order valence-electron chi connectivity index (χ2n) is 5.95. The number of amides is 1. The van der Waals surface area contributed by atoms with Crippen molar-refractivity contribution in [2.45, 2.75) is 19.4 Å². The normalized spacial score (nSPS) is 10.5. The van der Waals surface area contributed by atoms with Gasteiger partial charge in [-0.15, -0.1) is 0 Å². The van der Waals surface area contributed by atoms with Gasteiger partial charge in [0.05, 0.1) is 10.9 Å². The molecule has 0 spiro atoms. The minimum Gasteiger partial charge on any atom is -0.460 e. The minimum atomic E-state index is -0.510. The Hall–Kier alpha value is -3.48. The molecule has 1 amide bonds. The van der Waals surface area contributed by atoms with Crippen LogP contribution in [0, 0.1) is 0 Å². The zero-order valence-electron chi connectivity index (χ0n) is 14.6. The summed E-state index contributed by atoms with van der Waals surface area (Å²) in [7, 11) is 0. The van der Waals surface area contributed by atoms with Gasteiger partial charge >= 0.3 is 5.97 Å². The first-order valence-corrected chi connectivity index (χ1v) is 8.56. The standard InChI is InChI=1S/C20H19N3O4/c24-18(21-12-19(25)27-13-14-6-2-1-3-7-14)11-10-17-22-16-9-5-4-8-15(16)20(26)23-17/h1-9H,10-13H2,(H,21,24)(H,22,23,26). The minimum absolute atomic E-state index is 0.104. The number of aromatic amines is 1. The van der Waals surface area contributed by atoms with Crippen LogP contribution < -0.4 is 10.9 Å². The van der Waals surface area contributed by atoms with Crippen molar-refractivity contribution in [3.8, 4) is 0 Å². The Kier molecular flexibility index (Phi) is 5.94. The fraction of sp³-hybridized carbons (Fsp3) is 0.200. The van der Waals surface area contributed by atoms with Crippen LogP contribution in [0.2, 0.25) is 0 Å². The first kappa shape index (κ1) is 18.3. The van der Waals surface area contributed by atoms with E-state index < -0.39 is 5.97 Å². The molecule has 7 nitrogen and oxygen atoms in total. The number of ether oxygens (including phenoxy) is 1. The van der Waals surface area contributed by atoms with E-state index in [4.69, 9.17) is 4.74 Å². The first-order valence-electron chi connectivity index (χ1n) is 8.56. The van der Waals surface area contributed by atoms with Crippen LogP contribution in [0.15, 0.2) is 59.4 Å². The highest BCUT2D eigenvalue weighted by Crippen LogP contribution is 2.06. The lowest BCUT2D eigenvalue weighted by atomic mass is 10.2. The molecule has 0 saturated carbocycles. The highest BCUT2D eigenvalue weighted by molar-refractivity contribution is 5.82. The molecule has 0 radical (unpaired) electrons. The Morgan fingerprint density at radius 1 is 1.04 bits per heavy atom. The number of carbonyl (C=O) groups is 2. The lowest BCUT2D eigenvalue weighted by Gasteiger charge is -2.07. The number of benzene rings is 2. The number of aromatic nitrogens is 2. The van der Waals surface area contributed by atoms with E-state index in [0.29, 0.717) is 16.7 Å². The topological polar surface area (TPSA) is 101 Å². The number of esters is 1. The van der Waals surface area contributed by atoms with Gasteiger partial charge in [0.15, 0.2) is 0 Å². The smallest absolute Gasteiger partial charge is 0.325 e. The molecule has 2 N–H and O–H groups in total. The molecule has 1 heterocycles. The molecule has 27 heavy (non-hydrogen) atoms. The Bertz CT molecular complexity index is 999. The van der Waals surface area contributed by atoms with Crippen molar-refractivity contribution in [1.29, 1.82) is 0 Å². The number of hydrogen-bond acceptors (Lipinski definition) is 5. The van der Waals surface area contributed by atoms with E-state index >= 15 is 0 Å². The number of rotatable bonds is 7. The van der Waals surface area contributed by atoms with E-state index in [1.807, 2.05) is 30.3 Å². The second-order valence-corrected chi connectivity index (χ2v) is 5.95. The van der Waals surface area contributed by atoms with Gasteiger partial charge in [0, 0.05) is 12.8 Å². The van der Waals surface area contributed by atoms with Crippen LogP contribution in [0.25, 0.3) is 10.9 Å². The van der Waals surface area contributed by atoms with E-state index in [1.54, 1.807) is 24.3 Å². The first-order chi connectivity index (χ1) is 13.1. The molecule has 2 aromatic carbocycles. The third kappa shape index (κ3) is 5.24. The molecule has 0 bridgehead atoms. The van der Waals surface area contributed by atoms with Gasteiger partial charge in [-0.2, -0.15) is 0 Å². The Morgan fingerprint density at radius 3 is 2.59 bits per heavy atom. The van der Waals surface area contributed by atoms with E-state index in [2.05, 4.69) is 15.3 Å². The molecule has 0 atom stereocenters. The van der Waals surface area contributed by atoms with Crippen LogP contribution >= 0.6 is 0 Å². The molecule has 0 aliphatic carbocycles. The van der Waals surface area contributed by atoms with Gasteiger partial charge in [-0.25, -0.2) is 4.98 Å². The van der Waals surface area contributed by atoms with E-state index in [0.717, 1.165) is 5.56 Å². The maximum Gasteiger partial charge on any atom is 0.325 e. The predicted octanol–water partition coefficient (Wildman–Crippen LogP) is 1.72. The number of nitrogens with zero attached hydrogens (tertiary/aromatic N) is 1. The average Bonchev–Trinajstić information content (AvgIpc) is 2.70. The van der Waals surface area contributed by atoms with Gasteiger partial charge in [-0.05, 0) is 17.7 Å². The maximum absolute atomic E-state index is 12.0. The monoisotopic (exact) mass is 365 g/mol. The summed E-state index contributed by atoms with van der Waals surface area (Å²) < 4.78 is 5.09. The van der Waals surface area contributed by atoms with Crippen molar-refractivity contribution >= 4 is 22.8 Å². The molecular weight excluding hydrogens is 346 g/mol. The van der Waals surface area contributed by atoms with Gasteiger partial charge in [0.1, 0.15) is 19.0 Å². The number of fused-ring (bicyclic) bond motifs is 1. The summed E-state index contributed by atoms with van der Waals surface area (Å²) in [5.41, 5.74) is 1.23. The summed E-state index contributed by atoms with van der Waals surface area (Å²) in [6.07, 6.45) is 0.373. The van der Waals surface area contributed by atoms with Crippen molar-refractivity contribution in [2.75, 3.05) is 6.54 Å². The Labute approximate surface area is 155 Å². The summed E-state index contributed by atoms with van der Waals surface area (Å²) >= 11 is 0. The second kappa shape index (κ2) is 8.75. The third-order valence-electron chi connectivity index (χ3n) is 3.92. The van der Waals surface area contributed by atoms with E-state index in [-0.39, 0.29) is 37.5 Å². The quantitative estimate of drug-likeness (QED) is 0.621. The van der Waals surface area contributed by atoms with E-state index in [1.165, 1.54) is 0 Å². The molecule has 0 saturated heterocycles. The number of nitrogens with one attached hydrogen (secondary N) is 2. The molecule has 3 rings (SSSR count). The Balaban J connectivity index is 1.44. The summed E-state index contributed by atoms with van der Waals surface area (Å²) in [4.78, 5) is 42.6. The zero-order valence-corrected chi connectivity index (χ0v) is 14.6. The number of carbonyl (C=O) groups excluding carboxylic acids is 2. The van der Waals surface area contributed by atoms with Crippen LogP contribution in [0.5, 0.6) is 0 Å². The van der Waals surface area contributed by atoms with E-state index in [9.17, 15) is 14.4 Å². The van der Waals surface area contributed by atoms with Crippen LogP contribution in [0.3, 0.4) is 0 Å². The van der Waals surface area contributed by atoms with Crippen LogP contribution in [-0.2, 0) is 27.4 Å². The van der Waals surface area contributed by atoms with Crippen molar-refractivity contribution < 1.29 is 14.3 Å². The number of aryl methyl sites for hydroxylation is 1. The van der Waals surface area contributed by atoms with Gasteiger partial charge in [0.2, 0.25) is 5.91 Å². The molecule has 7 heteroatoms. The predicted molar refractivity (Wildman–Crippen MR) is 99.9 cm³/mol. The van der Waals surface area contributed by atoms with Crippen LogP contribution in [0.1, 0.15) is 17.8 Å². The molecule has 1 aromatic heterocycles. The molecule has 138 valence electrons. The van der Waals surface area contributed by atoms with Crippen LogP contribution in [0.4, 0.5) is 0 Å². The lowest BCUT2D eigenvalue weighted by Crippen LogP contribution is -2.31. The molecule has 0 aliphatic heterocycles. The summed E-state index contributed by atoms with van der Waals surface area (Å²) in [6.45, 7) is -0.0366. The summed E-state index contributed by atoms with van der Waals surface area (Å²) in [5, 5.41) is 3.01. The Morgan fingerprint density at radius 2 is 1.78 bits per heavy atom. The van der Waals surface area contributed by atoms with Gasteiger partial charge in [-0.1, -0.05) is 42.5 Å². The summed E-state index contributed by atoms with van der Waals surface area (Å²) in [5.74, 6) is -0.396. The molecule has 0 unspecified atom stereocenters. The highest BCUT2D eigenvalue weighted by Gasteiger charge is 2.09. The molecular formula is C20H19N3O4.